The van der Waals surface area contributed by atoms with E-state index in [1.807, 2.05) is 0 Å². The SMILES string of the molecule is COc1ccc2ccc(O)c(CN(Cc3ccccc3[N+](=O)[O-])CC(F)(F)F)c2c1. The average Bonchev–Trinajstić information content (AvgIpc) is 2.68. The number of nitrogens with zero attached hydrogens (tertiary/aromatic N) is 2. The number of nitro benzene ring substituents is 1. The van der Waals surface area contributed by atoms with E-state index in [1.54, 1.807) is 24.3 Å². The fourth-order valence-corrected chi connectivity index (χ4v) is 3.35. The number of rotatable bonds is 7. The predicted octanol–water partition coefficient (Wildman–Crippen LogP) is 5.03. The van der Waals surface area contributed by atoms with Gasteiger partial charge in [0.25, 0.3) is 5.69 Å². The Morgan fingerprint density at radius 2 is 1.80 bits per heavy atom. The van der Waals surface area contributed by atoms with Crippen molar-refractivity contribution in [1.82, 2.24) is 4.90 Å². The first kappa shape index (κ1) is 21.4. The number of benzene rings is 3. The van der Waals surface area contributed by atoms with Crippen molar-refractivity contribution in [1.29, 1.82) is 0 Å². The number of ether oxygens (including phenoxy) is 1. The summed E-state index contributed by atoms with van der Waals surface area (Å²) in [6, 6.07) is 13.8. The number of alkyl halides is 3. The zero-order valence-corrected chi connectivity index (χ0v) is 16.0. The third-order valence-electron chi connectivity index (χ3n) is 4.68. The van der Waals surface area contributed by atoms with Gasteiger partial charge in [-0.2, -0.15) is 13.2 Å². The summed E-state index contributed by atoms with van der Waals surface area (Å²) in [6.45, 7) is -1.86. The van der Waals surface area contributed by atoms with Crippen LogP contribution in [-0.4, -0.2) is 34.8 Å². The lowest BCUT2D eigenvalue weighted by Crippen LogP contribution is -2.33. The molecule has 3 aromatic carbocycles. The quantitative estimate of drug-likeness (QED) is 0.429. The van der Waals surface area contributed by atoms with Gasteiger partial charge >= 0.3 is 6.18 Å². The molecular weight excluding hydrogens is 401 g/mol. The van der Waals surface area contributed by atoms with E-state index in [-0.39, 0.29) is 35.7 Å². The van der Waals surface area contributed by atoms with Crippen LogP contribution in [0.4, 0.5) is 18.9 Å². The molecule has 0 aliphatic heterocycles. The Morgan fingerprint density at radius 1 is 1.10 bits per heavy atom. The van der Waals surface area contributed by atoms with Gasteiger partial charge in [0.15, 0.2) is 0 Å². The molecule has 0 amide bonds. The zero-order chi connectivity index (χ0) is 21.9. The average molecular weight is 420 g/mol. The molecule has 30 heavy (non-hydrogen) atoms. The molecule has 0 aliphatic carbocycles. The normalized spacial score (nSPS) is 11.8. The molecule has 0 atom stereocenters. The molecule has 0 aromatic heterocycles. The van der Waals surface area contributed by atoms with Gasteiger partial charge in [0.1, 0.15) is 11.5 Å². The minimum atomic E-state index is -4.53. The molecule has 6 nitrogen and oxygen atoms in total. The van der Waals surface area contributed by atoms with E-state index in [2.05, 4.69) is 0 Å². The van der Waals surface area contributed by atoms with Crippen LogP contribution < -0.4 is 4.74 Å². The first-order valence-corrected chi connectivity index (χ1v) is 8.98. The smallest absolute Gasteiger partial charge is 0.401 e. The number of halogens is 3. The molecule has 3 aromatic rings. The Kier molecular flexibility index (Phi) is 6.12. The second-order valence-electron chi connectivity index (χ2n) is 6.80. The Morgan fingerprint density at radius 3 is 2.47 bits per heavy atom. The number of phenols is 1. The summed E-state index contributed by atoms with van der Waals surface area (Å²) in [5.41, 5.74) is 0.187. The maximum atomic E-state index is 13.2. The Balaban J connectivity index is 2.02. The van der Waals surface area contributed by atoms with Gasteiger partial charge in [-0.3, -0.25) is 15.0 Å². The number of para-hydroxylation sites is 1. The fourth-order valence-electron chi connectivity index (χ4n) is 3.35. The predicted molar refractivity (Wildman–Crippen MR) is 105 cm³/mol. The Hall–Kier alpha value is -3.33. The highest BCUT2D eigenvalue weighted by atomic mass is 19.4. The van der Waals surface area contributed by atoms with Gasteiger partial charge in [-0.05, 0) is 29.0 Å². The van der Waals surface area contributed by atoms with Gasteiger partial charge in [0.2, 0.25) is 0 Å². The molecule has 0 saturated heterocycles. The fraction of sp³-hybridized carbons (Fsp3) is 0.238. The standard InChI is InChI=1S/C21H19F3N2O4/c1-30-16-8-6-14-7-9-20(27)18(17(14)10-16)12-25(13-21(22,23)24)11-15-4-2-3-5-19(15)26(28)29/h2-10,27H,11-13H2,1H3. The van der Waals surface area contributed by atoms with Crippen LogP contribution in [0.15, 0.2) is 54.6 Å². The Bertz CT molecular complexity index is 1070. The molecule has 3 rings (SSSR count). The topological polar surface area (TPSA) is 75.8 Å². The van der Waals surface area contributed by atoms with Gasteiger partial charge in [0, 0.05) is 30.3 Å². The van der Waals surface area contributed by atoms with Crippen LogP contribution in [0.3, 0.4) is 0 Å². The largest absolute Gasteiger partial charge is 0.508 e. The van der Waals surface area contributed by atoms with Crippen LogP contribution in [0.2, 0.25) is 0 Å². The van der Waals surface area contributed by atoms with Crippen LogP contribution >= 0.6 is 0 Å². The molecule has 0 unspecified atom stereocenters. The van der Waals surface area contributed by atoms with E-state index in [0.717, 1.165) is 10.3 Å². The molecule has 0 spiro atoms. The molecule has 0 radical (unpaired) electrons. The van der Waals surface area contributed by atoms with Crippen molar-refractivity contribution in [2.24, 2.45) is 0 Å². The molecule has 0 heterocycles. The lowest BCUT2D eigenvalue weighted by molar-refractivity contribution is -0.385. The van der Waals surface area contributed by atoms with E-state index >= 15 is 0 Å². The lowest BCUT2D eigenvalue weighted by atomic mass is 10.0. The summed E-state index contributed by atoms with van der Waals surface area (Å²) in [5.74, 6) is 0.334. The highest BCUT2D eigenvalue weighted by Crippen LogP contribution is 2.33. The number of hydrogen-bond donors (Lipinski definition) is 1. The van der Waals surface area contributed by atoms with Crippen LogP contribution in [0, 0.1) is 10.1 Å². The number of phenolic OH excluding ortho intramolecular Hbond substituents is 1. The number of methoxy groups -OCH3 is 1. The summed E-state index contributed by atoms with van der Waals surface area (Å²) in [7, 11) is 1.47. The van der Waals surface area contributed by atoms with Crippen molar-refractivity contribution in [3.05, 3.63) is 75.8 Å². The number of hydrogen-bond acceptors (Lipinski definition) is 5. The summed E-state index contributed by atoms with van der Waals surface area (Å²) in [5, 5.41) is 22.9. The number of fused-ring (bicyclic) bond motifs is 1. The highest BCUT2D eigenvalue weighted by molar-refractivity contribution is 5.89. The van der Waals surface area contributed by atoms with E-state index in [9.17, 15) is 28.4 Å². The molecule has 0 bridgehead atoms. The monoisotopic (exact) mass is 420 g/mol. The van der Waals surface area contributed by atoms with Crippen LogP contribution in [0.1, 0.15) is 11.1 Å². The van der Waals surface area contributed by atoms with Crippen LogP contribution in [0.25, 0.3) is 10.8 Å². The van der Waals surface area contributed by atoms with Crippen molar-refractivity contribution >= 4 is 16.5 Å². The summed E-state index contributed by atoms with van der Waals surface area (Å²) >= 11 is 0. The van der Waals surface area contributed by atoms with Gasteiger partial charge in [-0.1, -0.05) is 30.3 Å². The van der Waals surface area contributed by atoms with Gasteiger partial charge in [-0.25, -0.2) is 0 Å². The molecular formula is C21H19F3N2O4. The second-order valence-corrected chi connectivity index (χ2v) is 6.80. The van der Waals surface area contributed by atoms with Crippen LogP contribution in [0.5, 0.6) is 11.5 Å². The third kappa shape index (κ3) is 4.98. The first-order valence-electron chi connectivity index (χ1n) is 8.98. The van der Waals surface area contributed by atoms with Gasteiger partial charge in [-0.15, -0.1) is 0 Å². The number of aromatic hydroxyl groups is 1. The molecule has 0 aliphatic rings. The van der Waals surface area contributed by atoms with Crippen molar-refractivity contribution in [2.75, 3.05) is 13.7 Å². The van der Waals surface area contributed by atoms with Crippen molar-refractivity contribution < 1.29 is 27.9 Å². The minimum absolute atomic E-state index is 0.157. The molecule has 9 heteroatoms. The first-order chi connectivity index (χ1) is 14.2. The van der Waals surface area contributed by atoms with Crippen molar-refractivity contribution in [3.63, 3.8) is 0 Å². The molecule has 158 valence electrons. The van der Waals surface area contributed by atoms with Gasteiger partial charge in [0.05, 0.1) is 18.6 Å². The van der Waals surface area contributed by atoms with Crippen molar-refractivity contribution in [3.8, 4) is 11.5 Å². The van der Waals surface area contributed by atoms with E-state index in [0.29, 0.717) is 11.1 Å². The zero-order valence-electron chi connectivity index (χ0n) is 16.0. The summed E-state index contributed by atoms with van der Waals surface area (Å²) in [6.07, 6.45) is -4.53. The Labute approximate surface area is 170 Å². The minimum Gasteiger partial charge on any atom is -0.508 e. The number of nitro groups is 1. The molecule has 0 fully saturated rings. The maximum absolute atomic E-state index is 13.2. The van der Waals surface area contributed by atoms with E-state index < -0.39 is 17.6 Å². The second kappa shape index (κ2) is 8.58. The van der Waals surface area contributed by atoms with Crippen LogP contribution in [-0.2, 0) is 13.1 Å². The summed E-state index contributed by atoms with van der Waals surface area (Å²) < 4.78 is 44.9. The highest BCUT2D eigenvalue weighted by Gasteiger charge is 2.32. The molecule has 0 saturated carbocycles. The van der Waals surface area contributed by atoms with E-state index in [1.165, 1.54) is 37.4 Å². The van der Waals surface area contributed by atoms with Crippen molar-refractivity contribution in [2.45, 2.75) is 19.3 Å². The maximum Gasteiger partial charge on any atom is 0.401 e. The summed E-state index contributed by atoms with van der Waals surface area (Å²) in [4.78, 5) is 11.7. The third-order valence-corrected chi connectivity index (χ3v) is 4.68. The van der Waals surface area contributed by atoms with E-state index in [4.69, 9.17) is 4.74 Å². The van der Waals surface area contributed by atoms with Gasteiger partial charge < -0.3 is 9.84 Å². The lowest BCUT2D eigenvalue weighted by Gasteiger charge is -2.25. The molecule has 1 N–H and O–H groups in total.